The van der Waals surface area contributed by atoms with Gasteiger partial charge in [0.1, 0.15) is 0 Å². The zero-order valence-corrected chi connectivity index (χ0v) is 9.43. The van der Waals surface area contributed by atoms with Crippen molar-refractivity contribution in [2.24, 2.45) is 0 Å². The lowest BCUT2D eigenvalue weighted by molar-refractivity contribution is 0.426. The van der Waals surface area contributed by atoms with E-state index in [1.807, 2.05) is 22.7 Å². The monoisotopic (exact) mass is 239 g/mol. The van der Waals surface area contributed by atoms with Crippen molar-refractivity contribution >= 4 is 18.2 Å². The van der Waals surface area contributed by atoms with Crippen LogP contribution >= 0.6 is 0 Å². The summed E-state index contributed by atoms with van der Waals surface area (Å²) in [5.74, 6) is 0. The highest BCUT2D eigenvalue weighted by Crippen LogP contribution is 2.19. The van der Waals surface area contributed by atoms with Gasteiger partial charge in [0.15, 0.2) is 5.65 Å². The molecule has 0 aliphatic rings. The van der Waals surface area contributed by atoms with Gasteiger partial charge in [0, 0.05) is 18.0 Å². The lowest BCUT2D eigenvalue weighted by Gasteiger charge is -2.03. The second kappa shape index (κ2) is 4.25. The number of benzene rings is 1. The van der Waals surface area contributed by atoms with Crippen molar-refractivity contribution in [2.45, 2.75) is 0 Å². The molecule has 88 valence electrons. The second-order valence-electron chi connectivity index (χ2n) is 3.94. The minimum atomic E-state index is -1.44. The number of fused-ring (bicyclic) bond motifs is 1. The summed E-state index contributed by atoms with van der Waals surface area (Å²) >= 11 is 0. The van der Waals surface area contributed by atoms with Crippen molar-refractivity contribution in [3.05, 3.63) is 49.1 Å². The SMILES string of the molecule is OB(O)c1ccc(-c2cnc3cnccn23)cc1. The molecule has 0 spiro atoms. The molecule has 0 atom stereocenters. The smallest absolute Gasteiger partial charge is 0.423 e. The Morgan fingerprint density at radius 2 is 1.83 bits per heavy atom. The Balaban J connectivity index is 2.09. The second-order valence-corrected chi connectivity index (χ2v) is 3.94. The van der Waals surface area contributed by atoms with E-state index in [-0.39, 0.29) is 0 Å². The fourth-order valence-corrected chi connectivity index (χ4v) is 1.88. The summed E-state index contributed by atoms with van der Waals surface area (Å²) < 4.78 is 1.93. The predicted molar refractivity (Wildman–Crippen MR) is 68.2 cm³/mol. The Kier molecular flexibility index (Phi) is 2.58. The molecular formula is C12H10BN3O2. The van der Waals surface area contributed by atoms with Crippen LogP contribution in [0.5, 0.6) is 0 Å². The van der Waals surface area contributed by atoms with Crippen molar-refractivity contribution in [3.63, 3.8) is 0 Å². The number of imidazole rings is 1. The first kappa shape index (κ1) is 10.9. The molecule has 5 nitrogen and oxygen atoms in total. The molecule has 3 rings (SSSR count). The van der Waals surface area contributed by atoms with Crippen LogP contribution in [0, 0.1) is 0 Å². The van der Waals surface area contributed by atoms with Gasteiger partial charge in [-0.25, -0.2) is 4.98 Å². The normalized spacial score (nSPS) is 10.8. The van der Waals surface area contributed by atoms with E-state index in [2.05, 4.69) is 9.97 Å². The van der Waals surface area contributed by atoms with Crippen LogP contribution in [0.25, 0.3) is 16.9 Å². The lowest BCUT2D eigenvalue weighted by Crippen LogP contribution is -2.29. The highest BCUT2D eigenvalue weighted by atomic mass is 16.4. The highest BCUT2D eigenvalue weighted by Gasteiger charge is 2.11. The van der Waals surface area contributed by atoms with E-state index in [0.29, 0.717) is 5.46 Å². The molecular weight excluding hydrogens is 229 g/mol. The molecule has 0 bridgehead atoms. The maximum Gasteiger partial charge on any atom is 0.488 e. The number of hydrogen-bond donors (Lipinski definition) is 2. The predicted octanol–water partition coefficient (Wildman–Crippen LogP) is 0.0761. The summed E-state index contributed by atoms with van der Waals surface area (Å²) in [5, 5.41) is 18.1. The number of hydrogen-bond acceptors (Lipinski definition) is 4. The average Bonchev–Trinajstić information content (AvgIpc) is 2.82. The van der Waals surface area contributed by atoms with Crippen LogP contribution < -0.4 is 5.46 Å². The maximum absolute atomic E-state index is 9.05. The van der Waals surface area contributed by atoms with Crippen LogP contribution in [0.2, 0.25) is 0 Å². The first-order valence-corrected chi connectivity index (χ1v) is 5.49. The topological polar surface area (TPSA) is 70.7 Å². The molecule has 2 N–H and O–H groups in total. The minimum Gasteiger partial charge on any atom is -0.423 e. The molecule has 0 saturated carbocycles. The Labute approximate surface area is 104 Å². The Morgan fingerprint density at radius 1 is 1.06 bits per heavy atom. The Bertz CT molecular complexity index is 679. The van der Waals surface area contributed by atoms with Crippen molar-refractivity contribution in [1.29, 1.82) is 0 Å². The molecule has 0 aliphatic heterocycles. The number of rotatable bonds is 2. The number of nitrogens with zero attached hydrogens (tertiary/aromatic N) is 3. The molecule has 0 unspecified atom stereocenters. The molecule has 0 saturated heterocycles. The molecule has 0 amide bonds. The van der Waals surface area contributed by atoms with Gasteiger partial charge in [-0.1, -0.05) is 24.3 Å². The van der Waals surface area contributed by atoms with E-state index in [0.717, 1.165) is 16.9 Å². The van der Waals surface area contributed by atoms with Gasteiger partial charge in [-0.2, -0.15) is 0 Å². The van der Waals surface area contributed by atoms with Crippen molar-refractivity contribution in [1.82, 2.24) is 14.4 Å². The van der Waals surface area contributed by atoms with Crippen LogP contribution in [0.1, 0.15) is 0 Å². The van der Waals surface area contributed by atoms with E-state index >= 15 is 0 Å². The van der Waals surface area contributed by atoms with E-state index in [1.165, 1.54) is 0 Å². The summed E-state index contributed by atoms with van der Waals surface area (Å²) in [6.07, 6.45) is 6.99. The fourth-order valence-electron chi connectivity index (χ4n) is 1.88. The van der Waals surface area contributed by atoms with Gasteiger partial charge in [0.05, 0.1) is 18.1 Å². The molecule has 2 heterocycles. The standard InChI is InChI=1S/C12H10BN3O2/c17-13(18)10-3-1-9(2-4-10)11-7-15-12-8-14-5-6-16(11)12/h1-8,17-18H. The number of aromatic nitrogens is 3. The third-order valence-corrected chi connectivity index (χ3v) is 2.82. The van der Waals surface area contributed by atoms with E-state index in [9.17, 15) is 0 Å². The summed E-state index contributed by atoms with van der Waals surface area (Å²) in [7, 11) is -1.44. The van der Waals surface area contributed by atoms with Gasteiger partial charge >= 0.3 is 7.12 Å². The van der Waals surface area contributed by atoms with E-state index in [4.69, 9.17) is 10.0 Å². The summed E-state index contributed by atoms with van der Waals surface area (Å²) in [4.78, 5) is 8.26. The molecule has 18 heavy (non-hydrogen) atoms. The molecule has 0 aliphatic carbocycles. The molecule has 1 aromatic carbocycles. The van der Waals surface area contributed by atoms with Crippen LogP contribution in [0.3, 0.4) is 0 Å². The fraction of sp³-hybridized carbons (Fsp3) is 0. The van der Waals surface area contributed by atoms with Crippen LogP contribution in [0.15, 0.2) is 49.1 Å². The zero-order chi connectivity index (χ0) is 12.5. The Morgan fingerprint density at radius 3 is 2.56 bits per heavy atom. The van der Waals surface area contributed by atoms with Crippen LogP contribution in [-0.4, -0.2) is 31.5 Å². The zero-order valence-electron chi connectivity index (χ0n) is 9.43. The van der Waals surface area contributed by atoms with Gasteiger partial charge in [0.2, 0.25) is 0 Å². The minimum absolute atomic E-state index is 0.467. The lowest BCUT2D eigenvalue weighted by atomic mass is 9.80. The maximum atomic E-state index is 9.05. The summed E-state index contributed by atoms with van der Waals surface area (Å²) in [6, 6.07) is 7.03. The van der Waals surface area contributed by atoms with E-state index in [1.54, 1.807) is 30.7 Å². The summed E-state index contributed by atoms with van der Waals surface area (Å²) in [6.45, 7) is 0. The van der Waals surface area contributed by atoms with Crippen LogP contribution in [0.4, 0.5) is 0 Å². The van der Waals surface area contributed by atoms with Crippen molar-refractivity contribution < 1.29 is 10.0 Å². The third kappa shape index (κ3) is 1.77. The molecule has 0 radical (unpaired) electrons. The van der Waals surface area contributed by atoms with Gasteiger partial charge < -0.3 is 10.0 Å². The van der Waals surface area contributed by atoms with Gasteiger partial charge in [0.25, 0.3) is 0 Å². The quantitative estimate of drug-likeness (QED) is 0.621. The first-order chi connectivity index (χ1) is 8.75. The van der Waals surface area contributed by atoms with Crippen LogP contribution in [-0.2, 0) is 0 Å². The molecule has 3 aromatic rings. The molecule has 6 heteroatoms. The first-order valence-electron chi connectivity index (χ1n) is 5.49. The van der Waals surface area contributed by atoms with Crippen molar-refractivity contribution in [3.8, 4) is 11.3 Å². The van der Waals surface area contributed by atoms with Gasteiger partial charge in [-0.3, -0.25) is 9.38 Å². The largest absolute Gasteiger partial charge is 0.488 e. The molecule has 0 fully saturated rings. The van der Waals surface area contributed by atoms with Gasteiger partial charge in [-0.15, -0.1) is 0 Å². The highest BCUT2D eigenvalue weighted by molar-refractivity contribution is 6.58. The average molecular weight is 239 g/mol. The van der Waals surface area contributed by atoms with Crippen molar-refractivity contribution in [2.75, 3.05) is 0 Å². The Hall–Kier alpha value is -2.18. The summed E-state index contributed by atoms with van der Waals surface area (Å²) in [5.41, 5.74) is 3.14. The van der Waals surface area contributed by atoms with Gasteiger partial charge in [-0.05, 0) is 5.46 Å². The van der Waals surface area contributed by atoms with E-state index < -0.39 is 7.12 Å². The molecule has 2 aromatic heterocycles. The third-order valence-electron chi connectivity index (χ3n) is 2.82.